The molecule has 16 heteroatoms. The van der Waals surface area contributed by atoms with Gasteiger partial charge in [0, 0.05) is 29.3 Å². The summed E-state index contributed by atoms with van der Waals surface area (Å²) >= 11 is 0. The monoisotopic (exact) mass is 872 g/mol. The first kappa shape index (κ1) is 41.4. The third-order valence-electron chi connectivity index (χ3n) is 14.2. The van der Waals surface area contributed by atoms with Crippen molar-refractivity contribution in [1.29, 1.82) is 0 Å². The van der Waals surface area contributed by atoms with Crippen LogP contribution in [0.2, 0.25) is 0 Å². The van der Waals surface area contributed by atoms with Gasteiger partial charge in [-0.1, -0.05) is 50.3 Å². The van der Waals surface area contributed by atoms with Gasteiger partial charge in [0.05, 0.1) is 49.2 Å². The van der Waals surface area contributed by atoms with E-state index in [0.717, 1.165) is 49.6 Å². The number of halogens is 2. The van der Waals surface area contributed by atoms with Crippen molar-refractivity contribution in [2.24, 2.45) is 17.3 Å². The molecule has 10 rings (SSSR count). The maximum absolute atomic E-state index is 16.6. The topological polar surface area (TPSA) is 175 Å². The van der Waals surface area contributed by atoms with E-state index in [-0.39, 0.29) is 64.0 Å². The van der Waals surface area contributed by atoms with Crippen LogP contribution < -0.4 is 10.6 Å². The number of alkyl halides is 2. The van der Waals surface area contributed by atoms with Crippen molar-refractivity contribution >= 4 is 35.0 Å². The normalized spacial score (nSPS) is 22.8. The number of ether oxygens (including phenoxy) is 2. The van der Waals surface area contributed by atoms with Crippen LogP contribution in [0.3, 0.4) is 0 Å². The largest absolute Gasteiger partial charge is 0.453 e. The zero-order chi connectivity index (χ0) is 44.8. The molecule has 2 bridgehead atoms. The number of likely N-dealkylation sites (tertiary alicyclic amines) is 2. The lowest BCUT2D eigenvalue weighted by Gasteiger charge is -2.34. The SMILES string of the molecule is C/C=C(\NC(=O)OC)C(=O)N1[C@@H]2CC[C@@H](C2)[C@H]1c1nc2ccc(-c3ccc4c(c3)C(F)(F)c3cc(-c5cnc([C@@H]6CC7(CC7)CN6C(=O)[C@@H](NC(=O)OC)C(C)C)[nH]5)ccc3-4)cc2[nH]1. The first-order valence-electron chi connectivity index (χ1n) is 21.9. The highest BCUT2D eigenvalue weighted by Gasteiger charge is 2.55. The summed E-state index contributed by atoms with van der Waals surface area (Å²) in [6, 6.07) is 14.4. The first-order chi connectivity index (χ1) is 30.7. The first-order valence-corrected chi connectivity index (χ1v) is 21.9. The van der Waals surface area contributed by atoms with E-state index in [1.165, 1.54) is 20.3 Å². The predicted octanol–water partition coefficient (Wildman–Crippen LogP) is 8.49. The lowest BCUT2D eigenvalue weighted by Crippen LogP contribution is -2.51. The van der Waals surface area contributed by atoms with Crippen molar-refractivity contribution in [3.05, 3.63) is 95.3 Å². The highest BCUT2D eigenvalue weighted by molar-refractivity contribution is 5.97. The van der Waals surface area contributed by atoms with Crippen LogP contribution in [0.15, 0.2) is 72.6 Å². The molecule has 4 N–H and O–H groups in total. The molecule has 4 amide bonds. The molecule has 5 aliphatic rings. The second kappa shape index (κ2) is 15.3. The van der Waals surface area contributed by atoms with E-state index in [4.69, 9.17) is 19.4 Å². The summed E-state index contributed by atoms with van der Waals surface area (Å²) in [7, 11) is 2.51. The van der Waals surface area contributed by atoms with E-state index in [2.05, 4.69) is 20.6 Å². The number of piperidine rings is 1. The number of carbonyl (C=O) groups is 4. The number of nitrogens with zero attached hydrogens (tertiary/aromatic N) is 4. The Labute approximate surface area is 368 Å². The molecule has 3 aliphatic carbocycles. The quantitative estimate of drug-likeness (QED) is 0.107. The molecule has 64 heavy (non-hydrogen) atoms. The van der Waals surface area contributed by atoms with Gasteiger partial charge in [-0.3, -0.25) is 14.9 Å². The Morgan fingerprint density at radius 1 is 0.891 bits per heavy atom. The number of hydrogen-bond acceptors (Lipinski definition) is 8. The van der Waals surface area contributed by atoms with Gasteiger partial charge in [-0.25, -0.2) is 19.6 Å². The number of aromatic nitrogens is 4. The van der Waals surface area contributed by atoms with Gasteiger partial charge in [0.1, 0.15) is 23.4 Å². The summed E-state index contributed by atoms with van der Waals surface area (Å²) in [6.07, 6.45) is 7.18. The Kier molecular flexibility index (Phi) is 9.91. The van der Waals surface area contributed by atoms with E-state index >= 15 is 8.78 Å². The summed E-state index contributed by atoms with van der Waals surface area (Å²) < 4.78 is 42.8. The van der Waals surface area contributed by atoms with Crippen LogP contribution in [-0.2, 0) is 25.0 Å². The Morgan fingerprint density at radius 2 is 1.58 bits per heavy atom. The molecule has 4 fully saturated rings. The smallest absolute Gasteiger partial charge is 0.411 e. The molecule has 4 heterocycles. The molecule has 0 radical (unpaired) electrons. The summed E-state index contributed by atoms with van der Waals surface area (Å²) in [6.45, 7) is 5.99. The maximum Gasteiger partial charge on any atom is 0.411 e. The number of allylic oxidation sites excluding steroid dienone is 1. The highest BCUT2D eigenvalue weighted by atomic mass is 19.3. The third kappa shape index (κ3) is 6.79. The van der Waals surface area contributed by atoms with E-state index in [0.29, 0.717) is 51.7 Å². The molecule has 2 saturated heterocycles. The van der Waals surface area contributed by atoms with Crippen LogP contribution in [0.5, 0.6) is 0 Å². The molecule has 2 aliphatic heterocycles. The van der Waals surface area contributed by atoms with Crippen LogP contribution in [-0.4, -0.2) is 86.6 Å². The highest BCUT2D eigenvalue weighted by Crippen LogP contribution is 2.59. The number of benzene rings is 3. The van der Waals surface area contributed by atoms with Crippen molar-refractivity contribution < 1.29 is 37.4 Å². The molecule has 332 valence electrons. The average molecular weight is 873 g/mol. The van der Waals surface area contributed by atoms with Gasteiger partial charge >= 0.3 is 12.2 Å². The van der Waals surface area contributed by atoms with Crippen LogP contribution >= 0.6 is 0 Å². The molecule has 2 saturated carbocycles. The van der Waals surface area contributed by atoms with Gasteiger partial charge in [-0.05, 0) is 109 Å². The summed E-state index contributed by atoms with van der Waals surface area (Å²) in [4.78, 5) is 72.0. The fourth-order valence-electron chi connectivity index (χ4n) is 10.7. The lowest BCUT2D eigenvalue weighted by atomic mass is 9.97. The van der Waals surface area contributed by atoms with Gasteiger partial charge in [-0.2, -0.15) is 8.78 Å². The second-order valence-corrected chi connectivity index (χ2v) is 18.4. The van der Waals surface area contributed by atoms with Crippen LogP contribution in [0.1, 0.15) is 94.2 Å². The molecular formula is C48H50F2N8O6. The maximum atomic E-state index is 16.6. The molecule has 0 unspecified atom stereocenters. The summed E-state index contributed by atoms with van der Waals surface area (Å²) in [5.41, 5.74) is 4.76. The van der Waals surface area contributed by atoms with Crippen LogP contribution in [0.4, 0.5) is 18.4 Å². The molecular weight excluding hydrogens is 823 g/mol. The van der Waals surface area contributed by atoms with Gasteiger partial charge < -0.3 is 34.6 Å². The molecule has 2 aromatic heterocycles. The summed E-state index contributed by atoms with van der Waals surface area (Å²) in [5, 5.41) is 5.24. The number of amides is 4. The van der Waals surface area contributed by atoms with Gasteiger partial charge in [-0.15, -0.1) is 0 Å². The number of hydrogen-bond donors (Lipinski definition) is 4. The molecule has 5 aromatic rings. The van der Waals surface area contributed by atoms with E-state index in [1.807, 2.05) is 49.1 Å². The Morgan fingerprint density at radius 3 is 2.27 bits per heavy atom. The fraction of sp³-hybridized carbons (Fsp3) is 0.417. The minimum atomic E-state index is -3.29. The van der Waals surface area contributed by atoms with Crippen molar-refractivity contribution in [2.75, 3.05) is 20.8 Å². The van der Waals surface area contributed by atoms with E-state index in [9.17, 15) is 19.2 Å². The molecule has 5 atom stereocenters. The predicted molar refractivity (Wildman–Crippen MR) is 232 cm³/mol. The van der Waals surface area contributed by atoms with Gasteiger partial charge in [0.2, 0.25) is 5.91 Å². The third-order valence-corrected chi connectivity index (χ3v) is 14.2. The number of methoxy groups -OCH3 is 2. The summed E-state index contributed by atoms with van der Waals surface area (Å²) in [5.74, 6) is -2.55. The van der Waals surface area contributed by atoms with Gasteiger partial charge in [0.15, 0.2) is 0 Å². The fourth-order valence-corrected chi connectivity index (χ4v) is 10.7. The molecule has 3 aromatic carbocycles. The van der Waals surface area contributed by atoms with Crippen molar-refractivity contribution in [1.82, 2.24) is 40.4 Å². The van der Waals surface area contributed by atoms with E-state index < -0.39 is 24.2 Å². The Hall–Kier alpha value is -6.58. The number of nitrogens with one attached hydrogen (secondary N) is 4. The van der Waals surface area contributed by atoms with Crippen molar-refractivity contribution in [3.63, 3.8) is 0 Å². The zero-order valence-electron chi connectivity index (χ0n) is 36.3. The number of carbonyl (C=O) groups excluding carboxylic acids is 4. The standard InChI is InChI=1S/C48H50F2N8O6/c1-6-34(55-45(61)63-4)43(59)58-29-11-7-28(17-29)40(58)42-52-35-14-10-26(20-36(35)53-42)25-8-12-30-31-13-9-27(19-33(31)48(49,50)32(30)18-25)37-22-51-41(54-37)38-21-47(15-16-47)23-57(38)44(60)39(24(2)3)56-46(62)64-5/h6,8-10,12-14,18-20,22,24,28-29,38-40H,7,11,15-17,21,23H2,1-5H3,(H,51,54)(H,52,53)(H,55,61)(H,56,62)/b34-6-/t28-,29+,38-,39-,40-/m0/s1. The minimum Gasteiger partial charge on any atom is -0.453 e. The molecule has 14 nitrogen and oxygen atoms in total. The molecule has 1 spiro atoms. The number of H-pyrrole nitrogens is 2. The van der Waals surface area contributed by atoms with Crippen LogP contribution in [0, 0.1) is 17.3 Å². The minimum absolute atomic E-state index is 0.00952. The van der Waals surface area contributed by atoms with E-state index in [1.54, 1.807) is 42.3 Å². The number of imidazole rings is 2. The average Bonchev–Trinajstić information content (AvgIpc) is 3.95. The van der Waals surface area contributed by atoms with Crippen LogP contribution in [0.25, 0.3) is 44.5 Å². The van der Waals surface area contributed by atoms with Gasteiger partial charge in [0.25, 0.3) is 11.8 Å². The number of aromatic amines is 2. The zero-order valence-corrected chi connectivity index (χ0v) is 36.3. The van der Waals surface area contributed by atoms with Crippen molar-refractivity contribution in [2.45, 2.75) is 89.4 Å². The number of alkyl carbamates (subject to hydrolysis) is 2. The Bertz CT molecular complexity index is 2770. The number of rotatable bonds is 9. The Balaban J connectivity index is 0.897. The number of fused-ring (bicyclic) bond motifs is 6. The second-order valence-electron chi connectivity index (χ2n) is 18.4. The lowest BCUT2D eigenvalue weighted by molar-refractivity contribution is -0.135. The van der Waals surface area contributed by atoms with Crippen molar-refractivity contribution in [3.8, 4) is 33.5 Å².